The molecule has 0 atom stereocenters. The molecule has 0 N–H and O–H groups in total. The van der Waals surface area contributed by atoms with Gasteiger partial charge in [0, 0.05) is 20.0 Å². The van der Waals surface area contributed by atoms with Crippen molar-refractivity contribution < 1.29 is 4.79 Å². The molecule has 2 aromatic carbocycles. The van der Waals surface area contributed by atoms with Gasteiger partial charge >= 0.3 is 0 Å². The summed E-state index contributed by atoms with van der Waals surface area (Å²) in [5, 5.41) is 0.385. The summed E-state index contributed by atoms with van der Waals surface area (Å²) in [4.78, 5) is 13.6. The molecule has 0 aliphatic rings. The van der Waals surface area contributed by atoms with E-state index >= 15 is 0 Å². The molecule has 0 saturated carbocycles. The Balaban J connectivity index is 2.58. The number of hydrogen-bond donors (Lipinski definition) is 0. The molecular weight excluding hydrogens is 341 g/mol. The molecule has 4 heteroatoms. The van der Waals surface area contributed by atoms with Gasteiger partial charge in [0.05, 0.1) is 5.03 Å². The molecule has 2 nitrogen and oxygen atoms in total. The third-order valence-corrected chi connectivity index (χ3v) is 4.75. The summed E-state index contributed by atoms with van der Waals surface area (Å²) in [6, 6.07) is 16.2. The maximum absolute atomic E-state index is 12.2. The van der Waals surface area contributed by atoms with Crippen LogP contribution in [0.15, 0.2) is 58.6 Å². The van der Waals surface area contributed by atoms with Crippen LogP contribution < -0.4 is 0 Å². The molecule has 1 amide bonds. The largest absolute Gasteiger partial charge is 0.344 e. The zero-order chi connectivity index (χ0) is 17.9. The second-order valence-corrected chi connectivity index (χ2v) is 6.90. The van der Waals surface area contributed by atoms with E-state index in [0.717, 1.165) is 22.3 Å². The molecular formula is C20H21Cl2NO. The van der Waals surface area contributed by atoms with Crippen molar-refractivity contribution in [3.63, 3.8) is 0 Å². The van der Waals surface area contributed by atoms with Crippen molar-refractivity contribution in [2.75, 3.05) is 14.1 Å². The number of nitrogens with zero attached hydrogens (tertiary/aromatic N) is 1. The molecule has 0 bridgehead atoms. The van der Waals surface area contributed by atoms with E-state index in [0.29, 0.717) is 5.03 Å². The number of likely N-dealkylation sites (N-methyl/N-ethyl adjacent to an activating group) is 1. The van der Waals surface area contributed by atoms with Crippen LogP contribution in [-0.2, 0) is 4.79 Å². The van der Waals surface area contributed by atoms with Crippen LogP contribution in [0.3, 0.4) is 0 Å². The van der Waals surface area contributed by atoms with Crippen LogP contribution in [0.4, 0.5) is 0 Å². The van der Waals surface area contributed by atoms with Gasteiger partial charge in [0.2, 0.25) is 0 Å². The third kappa shape index (κ3) is 4.19. The second kappa shape index (κ2) is 7.87. The van der Waals surface area contributed by atoms with Gasteiger partial charge < -0.3 is 4.90 Å². The lowest BCUT2D eigenvalue weighted by molar-refractivity contribution is -0.124. The van der Waals surface area contributed by atoms with Gasteiger partial charge in [0.15, 0.2) is 0 Å². The molecule has 0 saturated heterocycles. The highest BCUT2D eigenvalue weighted by molar-refractivity contribution is 6.48. The minimum atomic E-state index is -0.300. The van der Waals surface area contributed by atoms with Gasteiger partial charge in [-0.05, 0) is 25.0 Å². The summed E-state index contributed by atoms with van der Waals surface area (Å²) >= 11 is 12.9. The Bertz CT molecular complexity index is 701. The number of allylic oxidation sites excluding steroid dienone is 1. The molecule has 24 heavy (non-hydrogen) atoms. The van der Waals surface area contributed by atoms with Crippen LogP contribution in [-0.4, -0.2) is 24.9 Å². The summed E-state index contributed by atoms with van der Waals surface area (Å²) in [6.07, 6.45) is 0. The van der Waals surface area contributed by atoms with E-state index in [-0.39, 0.29) is 16.9 Å². The lowest BCUT2D eigenvalue weighted by Crippen LogP contribution is -2.23. The van der Waals surface area contributed by atoms with Crippen molar-refractivity contribution in [3.8, 4) is 0 Å². The van der Waals surface area contributed by atoms with Crippen LogP contribution in [0.25, 0.3) is 0 Å². The van der Waals surface area contributed by atoms with Crippen molar-refractivity contribution >= 4 is 29.1 Å². The molecule has 0 aliphatic carbocycles. The SMILES string of the molecule is Cc1ccc(C(/C(Cl)=C(\Cl)C(=O)N(C)C)c2ccc(C)cc2)cc1. The molecule has 0 heterocycles. The van der Waals surface area contributed by atoms with Crippen LogP contribution in [0, 0.1) is 13.8 Å². The fourth-order valence-electron chi connectivity index (χ4n) is 2.43. The second-order valence-electron chi connectivity index (χ2n) is 6.12. The average Bonchev–Trinajstić information content (AvgIpc) is 2.56. The zero-order valence-electron chi connectivity index (χ0n) is 14.3. The van der Waals surface area contributed by atoms with Crippen LogP contribution in [0.1, 0.15) is 28.2 Å². The van der Waals surface area contributed by atoms with Gasteiger partial charge in [0.25, 0.3) is 5.91 Å². The number of aryl methyl sites for hydroxylation is 2. The van der Waals surface area contributed by atoms with Gasteiger partial charge in [-0.15, -0.1) is 0 Å². The lowest BCUT2D eigenvalue weighted by atomic mass is 9.89. The van der Waals surface area contributed by atoms with Crippen LogP contribution in [0.5, 0.6) is 0 Å². The fraction of sp³-hybridized carbons (Fsp3) is 0.250. The molecule has 0 radical (unpaired) electrons. The van der Waals surface area contributed by atoms with E-state index in [2.05, 4.69) is 0 Å². The summed E-state index contributed by atoms with van der Waals surface area (Å²) in [7, 11) is 3.31. The average molecular weight is 362 g/mol. The molecule has 0 aromatic heterocycles. The predicted octanol–water partition coefficient (Wildman–Crippen LogP) is 5.21. The first-order valence-corrected chi connectivity index (χ1v) is 8.46. The Morgan fingerprint density at radius 1 is 0.833 bits per heavy atom. The highest BCUT2D eigenvalue weighted by Crippen LogP contribution is 2.37. The molecule has 0 spiro atoms. The molecule has 0 unspecified atom stereocenters. The van der Waals surface area contributed by atoms with E-state index in [1.54, 1.807) is 14.1 Å². The monoisotopic (exact) mass is 361 g/mol. The highest BCUT2D eigenvalue weighted by atomic mass is 35.5. The minimum Gasteiger partial charge on any atom is -0.344 e. The highest BCUT2D eigenvalue weighted by Gasteiger charge is 2.24. The van der Waals surface area contributed by atoms with E-state index in [1.807, 2.05) is 62.4 Å². The van der Waals surface area contributed by atoms with Crippen LogP contribution in [0.2, 0.25) is 0 Å². The minimum absolute atomic E-state index is 0.0489. The van der Waals surface area contributed by atoms with Gasteiger partial charge in [0.1, 0.15) is 5.03 Å². The molecule has 0 fully saturated rings. The molecule has 2 aromatic rings. The van der Waals surface area contributed by atoms with Crippen molar-refractivity contribution in [2.45, 2.75) is 19.8 Å². The molecule has 126 valence electrons. The van der Waals surface area contributed by atoms with Crippen molar-refractivity contribution in [1.29, 1.82) is 0 Å². The number of benzene rings is 2. The Hall–Kier alpha value is -1.77. The zero-order valence-corrected chi connectivity index (χ0v) is 15.8. The number of carbonyl (C=O) groups excluding carboxylic acids is 1. The van der Waals surface area contributed by atoms with E-state index < -0.39 is 0 Å². The topological polar surface area (TPSA) is 20.3 Å². The van der Waals surface area contributed by atoms with E-state index in [4.69, 9.17) is 23.2 Å². The van der Waals surface area contributed by atoms with Crippen molar-refractivity contribution in [1.82, 2.24) is 4.90 Å². The van der Waals surface area contributed by atoms with Crippen molar-refractivity contribution in [2.24, 2.45) is 0 Å². The first-order chi connectivity index (χ1) is 11.3. The Morgan fingerprint density at radius 3 is 1.54 bits per heavy atom. The summed E-state index contributed by atoms with van der Waals surface area (Å²) in [6.45, 7) is 4.06. The van der Waals surface area contributed by atoms with E-state index in [9.17, 15) is 4.79 Å². The van der Waals surface area contributed by atoms with Gasteiger partial charge in [-0.25, -0.2) is 0 Å². The maximum atomic E-state index is 12.2. The quantitative estimate of drug-likeness (QED) is 0.684. The Morgan fingerprint density at radius 2 is 1.21 bits per heavy atom. The number of halogens is 2. The molecule has 2 rings (SSSR count). The third-order valence-electron chi connectivity index (χ3n) is 3.88. The summed E-state index contributed by atoms with van der Waals surface area (Å²) in [5.41, 5.74) is 4.33. The fourth-order valence-corrected chi connectivity index (χ4v) is 3.04. The Labute approximate surface area is 153 Å². The number of amides is 1. The standard InChI is InChI=1S/C20H21Cl2NO/c1-13-5-9-15(10-6-13)17(16-11-7-14(2)8-12-16)18(21)19(22)20(24)23(3)4/h5-12,17H,1-4H3/b19-18+. The summed E-state index contributed by atoms with van der Waals surface area (Å²) < 4.78 is 0. The summed E-state index contributed by atoms with van der Waals surface area (Å²) in [5.74, 6) is -0.574. The van der Waals surface area contributed by atoms with Gasteiger partial charge in [-0.1, -0.05) is 82.9 Å². The van der Waals surface area contributed by atoms with Gasteiger partial charge in [-0.3, -0.25) is 4.79 Å². The Kier molecular flexibility index (Phi) is 6.09. The van der Waals surface area contributed by atoms with Crippen LogP contribution >= 0.6 is 23.2 Å². The first-order valence-electron chi connectivity index (χ1n) is 7.71. The first kappa shape index (κ1) is 18.6. The number of carbonyl (C=O) groups is 1. The smallest absolute Gasteiger partial charge is 0.266 e. The maximum Gasteiger partial charge on any atom is 0.266 e. The molecule has 0 aliphatic heterocycles. The number of rotatable bonds is 4. The van der Waals surface area contributed by atoms with Gasteiger partial charge in [-0.2, -0.15) is 0 Å². The van der Waals surface area contributed by atoms with Crippen molar-refractivity contribution in [3.05, 3.63) is 80.8 Å². The predicted molar refractivity (Wildman–Crippen MR) is 102 cm³/mol. The normalized spacial score (nSPS) is 12.1. The van der Waals surface area contributed by atoms with E-state index in [1.165, 1.54) is 4.90 Å². The number of hydrogen-bond acceptors (Lipinski definition) is 1. The lowest BCUT2D eigenvalue weighted by Gasteiger charge is -2.20.